The van der Waals surface area contributed by atoms with E-state index in [1.807, 2.05) is 6.07 Å². The molecular weight excluding hydrogens is 216 g/mol. The molecule has 5 heteroatoms. The van der Waals surface area contributed by atoms with Gasteiger partial charge >= 0.3 is 0 Å². The van der Waals surface area contributed by atoms with Crippen LogP contribution in [0.3, 0.4) is 0 Å². The Kier molecular flexibility index (Phi) is 2.63. The monoisotopic (exact) mass is 234 g/mol. The molecule has 3 atom stereocenters. The minimum absolute atomic E-state index is 0.392. The highest BCUT2D eigenvalue weighted by molar-refractivity contribution is 5.47. The number of rotatable bonds is 2. The van der Waals surface area contributed by atoms with Gasteiger partial charge in [0.05, 0.1) is 19.0 Å². The highest BCUT2D eigenvalue weighted by atomic mass is 16.5. The van der Waals surface area contributed by atoms with Crippen LogP contribution >= 0.6 is 0 Å². The van der Waals surface area contributed by atoms with Gasteiger partial charge < -0.3 is 15.4 Å². The molecule has 1 aliphatic heterocycles. The molecule has 1 aromatic heterocycles. The van der Waals surface area contributed by atoms with Gasteiger partial charge in [-0.15, -0.1) is 5.10 Å². The molecule has 2 heterocycles. The van der Waals surface area contributed by atoms with Gasteiger partial charge in [-0.25, -0.2) is 0 Å². The van der Waals surface area contributed by atoms with Gasteiger partial charge in [0.2, 0.25) is 5.88 Å². The van der Waals surface area contributed by atoms with E-state index in [9.17, 15) is 0 Å². The Morgan fingerprint density at radius 2 is 2.06 bits per heavy atom. The first-order valence-corrected chi connectivity index (χ1v) is 6.15. The average molecular weight is 234 g/mol. The zero-order valence-electron chi connectivity index (χ0n) is 10.0. The van der Waals surface area contributed by atoms with Crippen LogP contribution < -0.4 is 15.4 Å². The lowest BCUT2D eigenvalue weighted by atomic mass is 9.93. The fraction of sp³-hybridized carbons (Fsp3) is 0.667. The molecule has 3 rings (SSSR count). The number of aromatic nitrogens is 2. The van der Waals surface area contributed by atoms with Crippen molar-refractivity contribution >= 4 is 5.69 Å². The molecule has 1 saturated heterocycles. The highest BCUT2D eigenvalue weighted by Crippen LogP contribution is 2.37. The number of fused-ring (bicyclic) bond motifs is 2. The first-order valence-electron chi connectivity index (χ1n) is 6.15. The number of nitrogens with two attached hydrogens (primary N) is 1. The quantitative estimate of drug-likeness (QED) is 0.814. The maximum atomic E-state index is 6.20. The number of methoxy groups -OCH3 is 1. The van der Waals surface area contributed by atoms with E-state index in [1.165, 1.54) is 12.8 Å². The number of nitrogens with zero attached hydrogens (tertiary/aromatic N) is 3. The summed E-state index contributed by atoms with van der Waals surface area (Å²) in [6.45, 7) is 2.07. The summed E-state index contributed by atoms with van der Waals surface area (Å²) in [6, 6.07) is 2.34. The number of ether oxygens (including phenoxy) is 1. The highest BCUT2D eigenvalue weighted by Gasteiger charge is 2.39. The molecule has 0 radical (unpaired) electrons. The average Bonchev–Trinajstić information content (AvgIpc) is 2.61. The fourth-order valence-electron chi connectivity index (χ4n) is 3.09. The second-order valence-electron chi connectivity index (χ2n) is 5.04. The Hall–Kier alpha value is -1.36. The van der Waals surface area contributed by atoms with Crippen molar-refractivity contribution in [2.24, 2.45) is 17.6 Å². The molecule has 0 amide bonds. The second-order valence-corrected chi connectivity index (χ2v) is 5.04. The minimum atomic E-state index is 0.392. The third kappa shape index (κ3) is 1.84. The summed E-state index contributed by atoms with van der Waals surface area (Å²) >= 11 is 0. The number of hydrogen-bond donors (Lipinski definition) is 1. The van der Waals surface area contributed by atoms with Gasteiger partial charge in [0.25, 0.3) is 0 Å². The van der Waals surface area contributed by atoms with Crippen LogP contribution in [0.4, 0.5) is 5.69 Å². The molecule has 1 unspecified atom stereocenters. The van der Waals surface area contributed by atoms with Crippen LogP contribution in [-0.4, -0.2) is 36.4 Å². The SMILES string of the molecule is COc1cc(N2CC3CC[C@@H](C2)[C@H]3N)cnn1. The van der Waals surface area contributed by atoms with Crippen LogP contribution in [0.5, 0.6) is 5.88 Å². The summed E-state index contributed by atoms with van der Waals surface area (Å²) in [4.78, 5) is 2.36. The Labute approximate surface area is 101 Å². The van der Waals surface area contributed by atoms with Crippen molar-refractivity contribution in [2.75, 3.05) is 25.1 Å². The summed E-state index contributed by atoms with van der Waals surface area (Å²) < 4.78 is 5.11. The lowest BCUT2D eigenvalue weighted by molar-refractivity contribution is 0.354. The summed E-state index contributed by atoms with van der Waals surface area (Å²) in [5, 5.41) is 7.87. The lowest BCUT2D eigenvalue weighted by Gasteiger charge is -2.37. The maximum Gasteiger partial charge on any atom is 0.235 e. The van der Waals surface area contributed by atoms with Gasteiger partial charge in [-0.2, -0.15) is 5.10 Å². The summed E-state index contributed by atoms with van der Waals surface area (Å²) in [7, 11) is 1.61. The fourth-order valence-corrected chi connectivity index (χ4v) is 3.09. The molecule has 0 spiro atoms. The molecule has 5 nitrogen and oxygen atoms in total. The van der Waals surface area contributed by atoms with Crippen molar-refractivity contribution in [2.45, 2.75) is 18.9 Å². The molecule has 2 bridgehead atoms. The molecule has 2 aliphatic rings. The Morgan fingerprint density at radius 3 is 2.71 bits per heavy atom. The van der Waals surface area contributed by atoms with Gasteiger partial charge in [-0.3, -0.25) is 0 Å². The molecule has 0 aromatic carbocycles. The van der Waals surface area contributed by atoms with Crippen molar-refractivity contribution in [3.63, 3.8) is 0 Å². The minimum Gasteiger partial charge on any atom is -0.480 e. The first-order chi connectivity index (χ1) is 8.28. The number of piperidine rings is 1. The van der Waals surface area contributed by atoms with E-state index in [0.717, 1.165) is 18.8 Å². The van der Waals surface area contributed by atoms with Crippen LogP contribution in [0.2, 0.25) is 0 Å². The van der Waals surface area contributed by atoms with Gasteiger partial charge in [-0.1, -0.05) is 0 Å². The van der Waals surface area contributed by atoms with E-state index in [0.29, 0.717) is 23.8 Å². The second kappa shape index (κ2) is 4.14. The first kappa shape index (κ1) is 10.8. The van der Waals surface area contributed by atoms with E-state index in [4.69, 9.17) is 10.5 Å². The van der Waals surface area contributed by atoms with Gasteiger partial charge in [0.15, 0.2) is 0 Å². The van der Waals surface area contributed by atoms with E-state index >= 15 is 0 Å². The molecule has 1 aromatic rings. The van der Waals surface area contributed by atoms with Crippen LogP contribution in [0, 0.1) is 11.8 Å². The Bertz CT molecular complexity index is 397. The standard InChI is InChI=1S/C12H18N4O/c1-17-11-4-10(5-14-15-11)16-6-8-2-3-9(7-16)12(8)13/h4-5,8-9,12H,2-3,6-7,13H2,1H3/t8-,9?,12+/m0/s1. The van der Waals surface area contributed by atoms with Crippen molar-refractivity contribution in [3.05, 3.63) is 12.3 Å². The third-order valence-electron chi connectivity index (χ3n) is 4.10. The smallest absolute Gasteiger partial charge is 0.235 e. The predicted octanol–water partition coefficient (Wildman–Crippen LogP) is 0.659. The van der Waals surface area contributed by atoms with Gasteiger partial charge in [0.1, 0.15) is 0 Å². The Morgan fingerprint density at radius 1 is 1.35 bits per heavy atom. The van der Waals surface area contributed by atoms with Gasteiger partial charge in [0, 0.05) is 25.2 Å². The molecule has 2 N–H and O–H groups in total. The zero-order valence-corrected chi connectivity index (χ0v) is 10.0. The van der Waals surface area contributed by atoms with Crippen molar-refractivity contribution in [1.82, 2.24) is 10.2 Å². The molecule has 2 fully saturated rings. The van der Waals surface area contributed by atoms with Crippen LogP contribution in [0.25, 0.3) is 0 Å². The molecule has 1 saturated carbocycles. The van der Waals surface area contributed by atoms with Crippen LogP contribution in [-0.2, 0) is 0 Å². The molecule has 1 aliphatic carbocycles. The molecule has 17 heavy (non-hydrogen) atoms. The van der Waals surface area contributed by atoms with E-state index in [1.54, 1.807) is 13.3 Å². The summed E-state index contributed by atoms with van der Waals surface area (Å²) in [6.07, 6.45) is 4.33. The van der Waals surface area contributed by atoms with Crippen LogP contribution in [0.15, 0.2) is 12.3 Å². The molecular formula is C12H18N4O. The topological polar surface area (TPSA) is 64.3 Å². The number of anilines is 1. The van der Waals surface area contributed by atoms with Crippen molar-refractivity contribution in [3.8, 4) is 5.88 Å². The van der Waals surface area contributed by atoms with E-state index in [2.05, 4.69) is 15.1 Å². The zero-order chi connectivity index (χ0) is 11.8. The van der Waals surface area contributed by atoms with Crippen molar-refractivity contribution in [1.29, 1.82) is 0 Å². The largest absolute Gasteiger partial charge is 0.480 e. The van der Waals surface area contributed by atoms with Crippen LogP contribution in [0.1, 0.15) is 12.8 Å². The van der Waals surface area contributed by atoms with Gasteiger partial charge in [-0.05, 0) is 24.7 Å². The number of hydrogen-bond acceptors (Lipinski definition) is 5. The summed E-state index contributed by atoms with van der Waals surface area (Å²) in [5.41, 5.74) is 7.30. The summed E-state index contributed by atoms with van der Waals surface area (Å²) in [5.74, 6) is 1.84. The molecule has 92 valence electrons. The normalized spacial score (nSPS) is 31.6. The van der Waals surface area contributed by atoms with Crippen molar-refractivity contribution < 1.29 is 4.74 Å². The predicted molar refractivity (Wildman–Crippen MR) is 65.0 cm³/mol. The van der Waals surface area contributed by atoms with E-state index in [-0.39, 0.29) is 0 Å². The Balaban J connectivity index is 1.81. The lowest BCUT2D eigenvalue weighted by Crippen LogP contribution is -2.48. The van der Waals surface area contributed by atoms with E-state index < -0.39 is 0 Å². The third-order valence-corrected chi connectivity index (χ3v) is 4.10. The maximum absolute atomic E-state index is 6.20.